The summed E-state index contributed by atoms with van der Waals surface area (Å²) in [5, 5.41) is 3.53. The molecule has 1 aromatic rings. The monoisotopic (exact) mass is 309 g/mol. The zero-order valence-corrected chi connectivity index (χ0v) is 13.2. The summed E-state index contributed by atoms with van der Waals surface area (Å²) in [4.78, 5) is 0. The number of para-hydroxylation sites is 1. The van der Waals surface area contributed by atoms with Crippen LogP contribution in [0.15, 0.2) is 24.3 Å². The fourth-order valence-corrected chi connectivity index (χ4v) is 5.27. The van der Waals surface area contributed by atoms with Crippen molar-refractivity contribution in [2.75, 3.05) is 25.2 Å². The average molecular weight is 309 g/mol. The molecule has 1 aromatic carbocycles. The first-order chi connectivity index (χ1) is 10.1. The summed E-state index contributed by atoms with van der Waals surface area (Å²) in [7, 11) is -1.04. The van der Waals surface area contributed by atoms with E-state index in [1.807, 2.05) is 12.1 Å². The summed E-state index contributed by atoms with van der Waals surface area (Å²) in [5.41, 5.74) is 1.29. The lowest BCUT2D eigenvalue weighted by molar-refractivity contribution is 0.273. The van der Waals surface area contributed by atoms with Gasteiger partial charge in [0.25, 0.3) is 0 Å². The van der Waals surface area contributed by atoms with Gasteiger partial charge in [-0.25, -0.2) is 8.42 Å². The second-order valence-corrected chi connectivity index (χ2v) is 8.51. The van der Waals surface area contributed by atoms with Crippen LogP contribution in [0.1, 0.15) is 30.7 Å². The van der Waals surface area contributed by atoms with Crippen LogP contribution in [0.5, 0.6) is 5.75 Å². The van der Waals surface area contributed by atoms with Crippen molar-refractivity contribution in [2.45, 2.75) is 31.2 Å². The Morgan fingerprint density at radius 1 is 1.29 bits per heavy atom. The number of sulfone groups is 1. The van der Waals surface area contributed by atoms with Crippen LogP contribution in [0.3, 0.4) is 0 Å². The predicted molar refractivity (Wildman–Crippen MR) is 83.5 cm³/mol. The number of hydrogen-bond donors (Lipinski definition) is 1. The van der Waals surface area contributed by atoms with Crippen LogP contribution >= 0.6 is 0 Å². The maximum absolute atomic E-state index is 11.4. The SMILES string of the molecule is COc1ccccc1C1CC(NCC2CCS(=O)(=O)C2)C1. The standard InChI is InChI=1S/C16H23NO3S/c1-20-16-5-3-2-4-15(16)13-8-14(9-13)17-10-12-6-7-21(18,19)11-12/h2-5,12-14,17H,6-11H2,1H3. The lowest BCUT2D eigenvalue weighted by Gasteiger charge is -2.37. The molecule has 1 unspecified atom stereocenters. The topological polar surface area (TPSA) is 55.4 Å². The van der Waals surface area contributed by atoms with Crippen molar-refractivity contribution >= 4 is 9.84 Å². The Hall–Kier alpha value is -1.07. The van der Waals surface area contributed by atoms with E-state index < -0.39 is 9.84 Å². The minimum atomic E-state index is -2.75. The molecule has 4 nitrogen and oxygen atoms in total. The fraction of sp³-hybridized carbons (Fsp3) is 0.625. The van der Waals surface area contributed by atoms with Gasteiger partial charge in [-0.1, -0.05) is 18.2 Å². The van der Waals surface area contributed by atoms with Gasteiger partial charge in [-0.15, -0.1) is 0 Å². The molecule has 116 valence electrons. The van der Waals surface area contributed by atoms with Gasteiger partial charge in [0.15, 0.2) is 9.84 Å². The Bertz CT molecular complexity index is 593. The molecule has 0 spiro atoms. The lowest BCUT2D eigenvalue weighted by atomic mass is 9.75. The molecular formula is C16H23NO3S. The molecule has 0 bridgehead atoms. The van der Waals surface area contributed by atoms with Crippen molar-refractivity contribution < 1.29 is 13.2 Å². The van der Waals surface area contributed by atoms with Crippen molar-refractivity contribution in [2.24, 2.45) is 5.92 Å². The molecule has 3 rings (SSSR count). The van der Waals surface area contributed by atoms with Gasteiger partial charge < -0.3 is 10.1 Å². The quantitative estimate of drug-likeness (QED) is 0.903. The second kappa shape index (κ2) is 5.97. The van der Waals surface area contributed by atoms with Gasteiger partial charge in [0.1, 0.15) is 5.75 Å². The first-order valence-corrected chi connectivity index (χ1v) is 9.46. The van der Waals surface area contributed by atoms with Gasteiger partial charge in [-0.3, -0.25) is 0 Å². The molecule has 1 aliphatic heterocycles. The van der Waals surface area contributed by atoms with E-state index in [-0.39, 0.29) is 0 Å². The highest BCUT2D eigenvalue weighted by atomic mass is 32.2. The Labute approximate surface area is 126 Å². The molecule has 5 heteroatoms. The van der Waals surface area contributed by atoms with Crippen LogP contribution in [0.2, 0.25) is 0 Å². The molecular weight excluding hydrogens is 286 g/mol. The number of benzene rings is 1. The average Bonchev–Trinajstić information content (AvgIpc) is 2.77. The first kappa shape index (κ1) is 14.9. The van der Waals surface area contributed by atoms with Gasteiger partial charge >= 0.3 is 0 Å². The molecule has 1 saturated heterocycles. The number of ether oxygens (including phenoxy) is 1. The van der Waals surface area contributed by atoms with Crippen molar-refractivity contribution in [1.82, 2.24) is 5.32 Å². The highest BCUT2D eigenvalue weighted by molar-refractivity contribution is 7.91. The summed E-state index contributed by atoms with van der Waals surface area (Å²) in [6, 6.07) is 8.73. The van der Waals surface area contributed by atoms with E-state index in [4.69, 9.17) is 4.74 Å². The molecule has 1 atom stereocenters. The van der Waals surface area contributed by atoms with E-state index >= 15 is 0 Å². The van der Waals surface area contributed by atoms with E-state index in [9.17, 15) is 8.42 Å². The largest absolute Gasteiger partial charge is 0.496 e. The number of rotatable bonds is 5. The Morgan fingerprint density at radius 3 is 2.71 bits per heavy atom. The molecule has 0 amide bonds. The second-order valence-electron chi connectivity index (χ2n) is 6.28. The first-order valence-electron chi connectivity index (χ1n) is 7.64. The molecule has 1 N–H and O–H groups in total. The summed E-state index contributed by atoms with van der Waals surface area (Å²) < 4.78 is 28.3. The van der Waals surface area contributed by atoms with E-state index in [1.165, 1.54) is 5.56 Å². The third-order valence-corrected chi connectivity index (χ3v) is 6.58. The Balaban J connectivity index is 1.46. The summed E-state index contributed by atoms with van der Waals surface area (Å²) in [6.07, 6.45) is 3.04. The third kappa shape index (κ3) is 3.40. The van der Waals surface area contributed by atoms with Crippen molar-refractivity contribution in [3.63, 3.8) is 0 Å². The fourth-order valence-electron chi connectivity index (χ4n) is 3.41. The lowest BCUT2D eigenvalue weighted by Crippen LogP contribution is -2.42. The Morgan fingerprint density at radius 2 is 2.05 bits per heavy atom. The van der Waals surface area contributed by atoms with Crippen LogP contribution in [-0.4, -0.2) is 39.6 Å². The zero-order valence-electron chi connectivity index (χ0n) is 12.4. The minimum absolute atomic E-state index is 0.306. The third-order valence-electron chi connectivity index (χ3n) is 4.74. The molecule has 1 aliphatic carbocycles. The van der Waals surface area contributed by atoms with E-state index in [0.29, 0.717) is 29.4 Å². The van der Waals surface area contributed by atoms with Gasteiger partial charge in [0, 0.05) is 6.04 Å². The van der Waals surface area contributed by atoms with Gasteiger partial charge in [0.05, 0.1) is 18.6 Å². The highest BCUT2D eigenvalue weighted by Gasteiger charge is 2.33. The van der Waals surface area contributed by atoms with E-state index in [0.717, 1.165) is 31.6 Å². The van der Waals surface area contributed by atoms with Gasteiger partial charge in [-0.2, -0.15) is 0 Å². The van der Waals surface area contributed by atoms with Crippen LogP contribution in [0.25, 0.3) is 0 Å². The smallest absolute Gasteiger partial charge is 0.150 e. The maximum Gasteiger partial charge on any atom is 0.150 e. The normalized spacial score (nSPS) is 30.8. The number of nitrogens with one attached hydrogen (secondary N) is 1. The molecule has 2 fully saturated rings. The van der Waals surface area contributed by atoms with Crippen LogP contribution in [-0.2, 0) is 9.84 Å². The summed E-state index contributed by atoms with van der Waals surface area (Å²) in [5.74, 6) is 2.57. The van der Waals surface area contributed by atoms with Crippen molar-refractivity contribution in [1.29, 1.82) is 0 Å². The molecule has 2 aliphatic rings. The van der Waals surface area contributed by atoms with Gasteiger partial charge in [0.2, 0.25) is 0 Å². The van der Waals surface area contributed by atoms with Crippen LogP contribution in [0, 0.1) is 5.92 Å². The van der Waals surface area contributed by atoms with Crippen molar-refractivity contribution in [3.05, 3.63) is 29.8 Å². The summed E-state index contributed by atoms with van der Waals surface area (Å²) >= 11 is 0. The number of methoxy groups -OCH3 is 1. The molecule has 0 radical (unpaired) electrons. The molecule has 0 aromatic heterocycles. The highest BCUT2D eigenvalue weighted by Crippen LogP contribution is 2.41. The molecule has 1 heterocycles. The van der Waals surface area contributed by atoms with Crippen LogP contribution < -0.4 is 10.1 Å². The molecule has 1 saturated carbocycles. The maximum atomic E-state index is 11.4. The summed E-state index contributed by atoms with van der Waals surface area (Å²) in [6.45, 7) is 0.836. The minimum Gasteiger partial charge on any atom is -0.496 e. The Kier molecular flexibility index (Phi) is 4.22. The van der Waals surface area contributed by atoms with E-state index in [1.54, 1.807) is 7.11 Å². The number of hydrogen-bond acceptors (Lipinski definition) is 4. The van der Waals surface area contributed by atoms with Crippen LogP contribution in [0.4, 0.5) is 0 Å². The molecule has 21 heavy (non-hydrogen) atoms. The van der Waals surface area contributed by atoms with E-state index in [2.05, 4.69) is 17.4 Å². The zero-order chi connectivity index (χ0) is 14.9. The predicted octanol–water partition coefficient (Wildman–Crippen LogP) is 1.97. The van der Waals surface area contributed by atoms with Crippen molar-refractivity contribution in [3.8, 4) is 5.75 Å². The van der Waals surface area contributed by atoms with Gasteiger partial charge in [-0.05, 0) is 49.3 Å².